The highest BCUT2D eigenvalue weighted by molar-refractivity contribution is 6.31. The van der Waals surface area contributed by atoms with Crippen molar-refractivity contribution >= 4 is 23.2 Å². The molecule has 1 amide bonds. The first-order valence-corrected chi connectivity index (χ1v) is 6.16. The molecule has 4 nitrogen and oxygen atoms in total. The molecule has 0 aliphatic heterocycles. The SMILES string of the molecule is CC(C)(C)C(=O)NCc1c(Cl)ccn2ccnc12. The summed E-state index contributed by atoms with van der Waals surface area (Å²) >= 11 is 6.15. The lowest BCUT2D eigenvalue weighted by Crippen LogP contribution is -2.34. The van der Waals surface area contributed by atoms with Crippen LogP contribution in [0.5, 0.6) is 0 Å². The van der Waals surface area contributed by atoms with Crippen LogP contribution in [0, 0.1) is 5.41 Å². The van der Waals surface area contributed by atoms with Gasteiger partial charge in [0.25, 0.3) is 0 Å². The lowest BCUT2D eigenvalue weighted by Gasteiger charge is -2.18. The molecule has 96 valence electrons. The summed E-state index contributed by atoms with van der Waals surface area (Å²) in [7, 11) is 0. The van der Waals surface area contributed by atoms with Gasteiger partial charge in [-0.3, -0.25) is 4.79 Å². The van der Waals surface area contributed by atoms with E-state index in [0.717, 1.165) is 11.2 Å². The normalized spacial score (nSPS) is 11.8. The summed E-state index contributed by atoms with van der Waals surface area (Å²) in [6.45, 7) is 6.01. The molecule has 0 aliphatic carbocycles. The van der Waals surface area contributed by atoms with E-state index in [-0.39, 0.29) is 5.91 Å². The van der Waals surface area contributed by atoms with Crippen LogP contribution in [0.4, 0.5) is 0 Å². The smallest absolute Gasteiger partial charge is 0.225 e. The number of nitrogens with zero attached hydrogens (tertiary/aromatic N) is 2. The zero-order chi connectivity index (χ0) is 13.3. The van der Waals surface area contributed by atoms with Crippen molar-refractivity contribution < 1.29 is 4.79 Å². The van der Waals surface area contributed by atoms with E-state index in [1.54, 1.807) is 12.3 Å². The number of fused-ring (bicyclic) bond motifs is 1. The van der Waals surface area contributed by atoms with Gasteiger partial charge in [-0.1, -0.05) is 32.4 Å². The molecule has 18 heavy (non-hydrogen) atoms. The van der Waals surface area contributed by atoms with Crippen molar-refractivity contribution in [2.75, 3.05) is 0 Å². The van der Waals surface area contributed by atoms with Crippen molar-refractivity contribution in [1.82, 2.24) is 14.7 Å². The third-order valence-corrected chi connectivity index (χ3v) is 3.07. The lowest BCUT2D eigenvalue weighted by molar-refractivity contribution is -0.128. The van der Waals surface area contributed by atoms with Gasteiger partial charge >= 0.3 is 0 Å². The maximum Gasteiger partial charge on any atom is 0.225 e. The number of amides is 1. The van der Waals surface area contributed by atoms with Gasteiger partial charge in [0.05, 0.1) is 5.02 Å². The van der Waals surface area contributed by atoms with Crippen molar-refractivity contribution in [3.05, 3.63) is 35.2 Å². The molecule has 2 aromatic heterocycles. The Labute approximate surface area is 111 Å². The molecule has 0 bridgehead atoms. The molecule has 0 atom stereocenters. The third-order valence-electron chi connectivity index (χ3n) is 2.72. The van der Waals surface area contributed by atoms with E-state index in [1.807, 2.05) is 37.6 Å². The summed E-state index contributed by atoms with van der Waals surface area (Å²) in [5, 5.41) is 3.50. The molecule has 0 aliphatic rings. The van der Waals surface area contributed by atoms with E-state index in [2.05, 4.69) is 10.3 Å². The van der Waals surface area contributed by atoms with Crippen LogP contribution < -0.4 is 5.32 Å². The van der Waals surface area contributed by atoms with Crippen LogP contribution in [0.1, 0.15) is 26.3 Å². The maximum absolute atomic E-state index is 11.8. The molecule has 0 saturated heterocycles. The Balaban J connectivity index is 2.24. The molecule has 2 aromatic rings. The summed E-state index contributed by atoms with van der Waals surface area (Å²) in [6, 6.07) is 1.80. The minimum atomic E-state index is -0.410. The number of rotatable bonds is 2. The topological polar surface area (TPSA) is 46.4 Å². The van der Waals surface area contributed by atoms with E-state index in [0.29, 0.717) is 11.6 Å². The zero-order valence-electron chi connectivity index (χ0n) is 10.7. The van der Waals surface area contributed by atoms with Gasteiger partial charge < -0.3 is 9.72 Å². The molecule has 1 N–H and O–H groups in total. The number of hydrogen-bond donors (Lipinski definition) is 1. The number of carbonyl (C=O) groups excluding carboxylic acids is 1. The van der Waals surface area contributed by atoms with Crippen LogP contribution in [-0.4, -0.2) is 15.3 Å². The number of aromatic nitrogens is 2. The van der Waals surface area contributed by atoms with Crippen molar-refractivity contribution in [1.29, 1.82) is 0 Å². The van der Waals surface area contributed by atoms with Gasteiger partial charge in [-0.2, -0.15) is 0 Å². The van der Waals surface area contributed by atoms with Crippen LogP contribution in [0.2, 0.25) is 5.02 Å². The van der Waals surface area contributed by atoms with Crippen LogP contribution in [-0.2, 0) is 11.3 Å². The summed E-state index contributed by atoms with van der Waals surface area (Å²) in [6.07, 6.45) is 5.40. The highest BCUT2D eigenvalue weighted by Gasteiger charge is 2.21. The molecule has 0 aromatic carbocycles. The van der Waals surface area contributed by atoms with Crippen molar-refractivity contribution in [2.24, 2.45) is 5.41 Å². The molecule has 0 radical (unpaired) electrons. The summed E-state index contributed by atoms with van der Waals surface area (Å²) in [5.41, 5.74) is 1.20. The fraction of sp³-hybridized carbons (Fsp3) is 0.385. The Bertz CT molecular complexity index is 583. The quantitative estimate of drug-likeness (QED) is 0.907. The van der Waals surface area contributed by atoms with E-state index in [1.165, 1.54) is 0 Å². The van der Waals surface area contributed by atoms with Gasteiger partial charge in [-0.15, -0.1) is 0 Å². The van der Waals surface area contributed by atoms with Crippen LogP contribution in [0.15, 0.2) is 24.7 Å². The fourth-order valence-corrected chi connectivity index (χ4v) is 1.83. The standard InChI is InChI=1S/C13H16ClN3O/c1-13(2,3)12(18)16-8-9-10(14)4-6-17-7-5-15-11(9)17/h4-7H,8H2,1-3H3,(H,16,18). The highest BCUT2D eigenvalue weighted by atomic mass is 35.5. The minimum Gasteiger partial charge on any atom is -0.351 e. The Morgan fingerprint density at radius 2 is 2.17 bits per heavy atom. The van der Waals surface area contributed by atoms with Crippen LogP contribution >= 0.6 is 11.6 Å². The van der Waals surface area contributed by atoms with E-state index in [9.17, 15) is 4.79 Å². The van der Waals surface area contributed by atoms with Gasteiger partial charge in [0, 0.05) is 36.1 Å². The van der Waals surface area contributed by atoms with Gasteiger partial charge in [-0.25, -0.2) is 4.98 Å². The largest absolute Gasteiger partial charge is 0.351 e. The van der Waals surface area contributed by atoms with E-state index >= 15 is 0 Å². The predicted octanol–water partition coefficient (Wildman–Crippen LogP) is 2.65. The average molecular weight is 266 g/mol. The second kappa shape index (κ2) is 4.61. The molecule has 0 unspecified atom stereocenters. The molecule has 2 rings (SSSR count). The fourth-order valence-electron chi connectivity index (χ4n) is 1.62. The summed E-state index contributed by atoms with van der Waals surface area (Å²) in [5.74, 6) is -0.00729. The monoisotopic (exact) mass is 265 g/mol. The van der Waals surface area contributed by atoms with Crippen molar-refractivity contribution in [2.45, 2.75) is 27.3 Å². The second-order valence-corrected chi connectivity index (χ2v) is 5.64. The number of nitrogens with one attached hydrogen (secondary N) is 1. The Morgan fingerprint density at radius 3 is 2.83 bits per heavy atom. The van der Waals surface area contributed by atoms with Crippen LogP contribution in [0.3, 0.4) is 0 Å². The lowest BCUT2D eigenvalue weighted by atomic mass is 9.95. The molecular formula is C13H16ClN3O. The van der Waals surface area contributed by atoms with Crippen LogP contribution in [0.25, 0.3) is 5.65 Å². The number of halogens is 1. The Hall–Kier alpha value is -1.55. The third kappa shape index (κ3) is 2.48. The molecule has 0 fully saturated rings. The number of hydrogen-bond acceptors (Lipinski definition) is 2. The molecule has 0 spiro atoms. The highest BCUT2D eigenvalue weighted by Crippen LogP contribution is 2.20. The first-order valence-electron chi connectivity index (χ1n) is 5.78. The van der Waals surface area contributed by atoms with E-state index in [4.69, 9.17) is 11.6 Å². The van der Waals surface area contributed by atoms with Gasteiger partial charge in [0.15, 0.2) is 0 Å². The predicted molar refractivity (Wildman–Crippen MR) is 71.5 cm³/mol. The molecular weight excluding hydrogens is 250 g/mol. The maximum atomic E-state index is 11.8. The first kappa shape index (κ1) is 12.9. The summed E-state index contributed by atoms with van der Waals surface area (Å²) < 4.78 is 1.88. The van der Waals surface area contributed by atoms with Crippen molar-refractivity contribution in [3.8, 4) is 0 Å². The summed E-state index contributed by atoms with van der Waals surface area (Å²) in [4.78, 5) is 16.1. The Morgan fingerprint density at radius 1 is 1.44 bits per heavy atom. The minimum absolute atomic E-state index is 0.00729. The number of imidazole rings is 1. The average Bonchev–Trinajstić information content (AvgIpc) is 2.74. The number of carbonyl (C=O) groups is 1. The molecule has 5 heteroatoms. The van der Waals surface area contributed by atoms with E-state index < -0.39 is 5.41 Å². The molecule has 0 saturated carbocycles. The van der Waals surface area contributed by atoms with Gasteiger partial charge in [-0.05, 0) is 6.07 Å². The number of pyridine rings is 1. The van der Waals surface area contributed by atoms with Crippen molar-refractivity contribution in [3.63, 3.8) is 0 Å². The van der Waals surface area contributed by atoms with Gasteiger partial charge in [0.2, 0.25) is 5.91 Å². The van der Waals surface area contributed by atoms with Gasteiger partial charge in [0.1, 0.15) is 5.65 Å². The Kier molecular flexibility index (Phi) is 3.30. The second-order valence-electron chi connectivity index (χ2n) is 5.23. The molecule has 2 heterocycles. The zero-order valence-corrected chi connectivity index (χ0v) is 11.5. The first-order chi connectivity index (χ1) is 8.39.